The van der Waals surface area contributed by atoms with Crippen LogP contribution in [0, 0.1) is 0 Å². The largest absolute Gasteiger partial charge is 0.285 e. The summed E-state index contributed by atoms with van der Waals surface area (Å²) < 4.78 is 62.8. The Hall–Kier alpha value is -1.74. The molecule has 0 aliphatic heterocycles. The summed E-state index contributed by atoms with van der Waals surface area (Å²) in [5.74, 6) is -1.18. The normalized spacial score (nSPS) is 14.9. The number of hydrogen-bond donors (Lipinski definition) is 2. The van der Waals surface area contributed by atoms with Crippen LogP contribution in [0.5, 0.6) is 0 Å². The van der Waals surface area contributed by atoms with Crippen LogP contribution in [-0.2, 0) is 20.2 Å². The first kappa shape index (κ1) is 15.2. The lowest BCUT2D eigenvalue weighted by atomic mass is 9.99. The molecule has 3 rings (SSSR count). The summed E-state index contributed by atoms with van der Waals surface area (Å²) in [6, 6.07) is 13.4. The van der Waals surface area contributed by atoms with Crippen LogP contribution in [0.2, 0.25) is 0 Å². The molecular formula is C14H12O6S2. The average molecular weight is 340 g/mol. The van der Waals surface area contributed by atoms with Crippen LogP contribution in [0.4, 0.5) is 0 Å². The molecule has 2 N–H and O–H groups in total. The van der Waals surface area contributed by atoms with E-state index in [4.69, 9.17) is 0 Å². The van der Waals surface area contributed by atoms with E-state index in [1.165, 1.54) is 0 Å². The van der Waals surface area contributed by atoms with Crippen molar-refractivity contribution in [2.75, 3.05) is 0 Å². The summed E-state index contributed by atoms with van der Waals surface area (Å²) in [5.41, 5.74) is 2.23. The van der Waals surface area contributed by atoms with Crippen molar-refractivity contribution in [2.24, 2.45) is 0 Å². The summed E-state index contributed by atoms with van der Waals surface area (Å²) in [6.45, 7) is 0. The monoisotopic (exact) mass is 340 g/mol. The molecule has 0 radical (unpaired) electrons. The molecule has 116 valence electrons. The molecule has 0 fully saturated rings. The van der Waals surface area contributed by atoms with Crippen molar-refractivity contribution in [3.8, 4) is 11.1 Å². The van der Waals surface area contributed by atoms with Gasteiger partial charge in [-0.2, -0.15) is 16.8 Å². The quantitative estimate of drug-likeness (QED) is 0.826. The highest BCUT2D eigenvalue weighted by molar-refractivity contribution is 8.04. The van der Waals surface area contributed by atoms with Crippen molar-refractivity contribution in [3.63, 3.8) is 0 Å². The van der Waals surface area contributed by atoms with Gasteiger partial charge in [-0.25, -0.2) is 0 Å². The maximum atomic E-state index is 11.6. The van der Waals surface area contributed by atoms with Crippen LogP contribution >= 0.6 is 0 Å². The standard InChI is InChI=1S/C14H12O6S2/c15-21(16,17)14(22(18,19)20)13-11-7-3-1-5-9(11)10-6-2-4-8-12(10)13/h1-8,13-14H,(H,15,16,17)(H,18,19,20). The van der Waals surface area contributed by atoms with Gasteiger partial charge in [0.1, 0.15) is 0 Å². The Bertz CT molecular complexity index is 869. The van der Waals surface area contributed by atoms with E-state index in [-0.39, 0.29) is 0 Å². The van der Waals surface area contributed by atoms with Gasteiger partial charge in [0.2, 0.25) is 4.58 Å². The van der Waals surface area contributed by atoms with E-state index >= 15 is 0 Å². The minimum Gasteiger partial charge on any atom is -0.284 e. The second-order valence-corrected chi connectivity index (χ2v) is 8.42. The van der Waals surface area contributed by atoms with Gasteiger partial charge >= 0.3 is 0 Å². The molecule has 0 unspecified atom stereocenters. The minimum atomic E-state index is -5.03. The third-order valence-corrected chi connectivity index (χ3v) is 6.92. The van der Waals surface area contributed by atoms with E-state index in [1.807, 2.05) is 0 Å². The lowest BCUT2D eigenvalue weighted by Gasteiger charge is -2.20. The van der Waals surface area contributed by atoms with Crippen LogP contribution in [0.25, 0.3) is 11.1 Å². The van der Waals surface area contributed by atoms with Gasteiger partial charge in [0.15, 0.2) is 0 Å². The highest BCUT2D eigenvalue weighted by Gasteiger charge is 2.47. The Morgan fingerprint density at radius 1 is 0.727 bits per heavy atom. The van der Waals surface area contributed by atoms with Crippen LogP contribution in [0.15, 0.2) is 48.5 Å². The molecule has 0 saturated carbocycles. The van der Waals surface area contributed by atoms with Gasteiger partial charge in [-0.3, -0.25) is 9.11 Å². The molecular weight excluding hydrogens is 328 g/mol. The maximum absolute atomic E-state index is 11.6. The predicted octanol–water partition coefficient (Wildman–Crippen LogP) is 1.90. The third-order valence-electron chi connectivity index (χ3n) is 3.74. The Kier molecular flexibility index (Phi) is 3.37. The first-order valence-corrected chi connectivity index (χ1v) is 9.33. The zero-order valence-electron chi connectivity index (χ0n) is 11.1. The van der Waals surface area contributed by atoms with E-state index in [9.17, 15) is 25.9 Å². The van der Waals surface area contributed by atoms with Crippen molar-refractivity contribution in [2.45, 2.75) is 10.5 Å². The summed E-state index contributed by atoms with van der Waals surface area (Å²) in [7, 11) is -10.1. The number of benzene rings is 2. The van der Waals surface area contributed by atoms with E-state index in [0.29, 0.717) is 22.3 Å². The molecule has 0 spiro atoms. The number of rotatable bonds is 3. The van der Waals surface area contributed by atoms with E-state index in [0.717, 1.165) is 0 Å². The molecule has 6 nitrogen and oxygen atoms in total. The van der Waals surface area contributed by atoms with Crippen molar-refractivity contribution in [3.05, 3.63) is 59.7 Å². The molecule has 0 saturated heterocycles. The minimum absolute atomic E-state index is 0.434. The Labute approximate surface area is 127 Å². The molecule has 22 heavy (non-hydrogen) atoms. The number of fused-ring (bicyclic) bond motifs is 3. The second kappa shape index (κ2) is 4.88. The lowest BCUT2D eigenvalue weighted by molar-refractivity contribution is 0.449. The first-order valence-electron chi connectivity index (χ1n) is 6.32. The molecule has 0 bridgehead atoms. The van der Waals surface area contributed by atoms with Crippen molar-refractivity contribution >= 4 is 20.2 Å². The topological polar surface area (TPSA) is 109 Å². The molecule has 0 atom stereocenters. The van der Waals surface area contributed by atoms with Gasteiger partial charge < -0.3 is 0 Å². The summed E-state index contributed by atoms with van der Waals surface area (Å²) >= 11 is 0. The predicted molar refractivity (Wildman–Crippen MR) is 80.6 cm³/mol. The van der Waals surface area contributed by atoms with Gasteiger partial charge in [-0.15, -0.1) is 0 Å². The molecule has 1 aliphatic carbocycles. The van der Waals surface area contributed by atoms with Crippen LogP contribution in [0.1, 0.15) is 17.0 Å². The van der Waals surface area contributed by atoms with Crippen molar-refractivity contribution < 1.29 is 25.9 Å². The molecule has 8 heteroatoms. The number of hydrogen-bond acceptors (Lipinski definition) is 4. The summed E-state index contributed by atoms with van der Waals surface area (Å²) in [4.78, 5) is 0. The van der Waals surface area contributed by atoms with Crippen molar-refractivity contribution in [1.82, 2.24) is 0 Å². The fraction of sp³-hybridized carbons (Fsp3) is 0.143. The average Bonchev–Trinajstić information content (AvgIpc) is 2.72. The fourth-order valence-electron chi connectivity index (χ4n) is 2.99. The van der Waals surface area contributed by atoms with Gasteiger partial charge in [0.05, 0.1) is 0 Å². The van der Waals surface area contributed by atoms with E-state index in [1.54, 1.807) is 48.5 Å². The Morgan fingerprint density at radius 2 is 1.09 bits per heavy atom. The molecule has 0 amide bonds. The molecule has 0 aromatic heterocycles. The molecule has 1 aliphatic rings. The second-order valence-electron chi connectivity index (χ2n) is 5.05. The maximum Gasteiger partial charge on any atom is 0.285 e. The highest BCUT2D eigenvalue weighted by Crippen LogP contribution is 2.48. The summed E-state index contributed by atoms with van der Waals surface area (Å²) in [6.07, 6.45) is 0. The Balaban J connectivity index is 2.35. The van der Waals surface area contributed by atoms with E-state index < -0.39 is 30.7 Å². The van der Waals surface area contributed by atoms with Gasteiger partial charge in [-0.05, 0) is 22.3 Å². The highest BCUT2D eigenvalue weighted by atomic mass is 32.3. The fourth-order valence-corrected chi connectivity index (χ4v) is 5.49. The summed E-state index contributed by atoms with van der Waals surface area (Å²) in [5, 5.41) is 0. The zero-order valence-corrected chi connectivity index (χ0v) is 12.8. The van der Waals surface area contributed by atoms with Crippen LogP contribution in [-0.4, -0.2) is 30.5 Å². The van der Waals surface area contributed by atoms with E-state index in [2.05, 4.69) is 0 Å². The van der Waals surface area contributed by atoms with Gasteiger partial charge in [-0.1, -0.05) is 48.5 Å². The van der Waals surface area contributed by atoms with Crippen LogP contribution < -0.4 is 0 Å². The third kappa shape index (κ3) is 2.34. The smallest absolute Gasteiger partial charge is 0.284 e. The Morgan fingerprint density at radius 3 is 1.45 bits per heavy atom. The molecule has 0 heterocycles. The SMILES string of the molecule is O=S(=O)(O)C(C1c2ccccc2-c2ccccc21)S(=O)(=O)O. The molecule has 2 aromatic rings. The van der Waals surface area contributed by atoms with Gasteiger partial charge in [0, 0.05) is 5.92 Å². The van der Waals surface area contributed by atoms with Gasteiger partial charge in [0.25, 0.3) is 20.2 Å². The molecule has 2 aromatic carbocycles. The zero-order chi connectivity index (χ0) is 16.1. The first-order chi connectivity index (χ1) is 10.2. The van der Waals surface area contributed by atoms with Crippen LogP contribution in [0.3, 0.4) is 0 Å². The van der Waals surface area contributed by atoms with Crippen molar-refractivity contribution in [1.29, 1.82) is 0 Å². The lowest BCUT2D eigenvalue weighted by Crippen LogP contribution is -2.35.